The van der Waals surface area contributed by atoms with Gasteiger partial charge in [-0.2, -0.15) is 10.4 Å². The van der Waals surface area contributed by atoms with Crippen molar-refractivity contribution in [3.05, 3.63) is 96.2 Å². The number of rotatable bonds is 8. The van der Waals surface area contributed by atoms with Gasteiger partial charge in [0.05, 0.1) is 31.0 Å². The van der Waals surface area contributed by atoms with Gasteiger partial charge in [0.2, 0.25) is 0 Å². The van der Waals surface area contributed by atoms with Gasteiger partial charge in [0.15, 0.2) is 0 Å². The van der Waals surface area contributed by atoms with Crippen LogP contribution in [-0.2, 0) is 6.54 Å². The van der Waals surface area contributed by atoms with Gasteiger partial charge in [0.1, 0.15) is 17.3 Å². The van der Waals surface area contributed by atoms with E-state index in [2.05, 4.69) is 16.2 Å². The van der Waals surface area contributed by atoms with Crippen molar-refractivity contribution >= 4 is 5.91 Å². The molecule has 0 unspecified atom stereocenters. The summed E-state index contributed by atoms with van der Waals surface area (Å²) in [7, 11) is 1.58. The molecule has 2 aromatic heterocycles. The Hall–Kier alpha value is -4.51. The van der Waals surface area contributed by atoms with Crippen LogP contribution in [0.1, 0.15) is 22.5 Å². The van der Waals surface area contributed by atoms with Gasteiger partial charge in [-0.1, -0.05) is 18.2 Å². The minimum absolute atomic E-state index is 0.180. The topological polar surface area (TPSA) is 84.0 Å². The molecule has 0 fully saturated rings. The lowest BCUT2D eigenvalue weighted by Crippen LogP contribution is -2.33. The predicted molar refractivity (Wildman–Crippen MR) is 125 cm³/mol. The van der Waals surface area contributed by atoms with E-state index < -0.39 is 0 Å². The number of amides is 1. The van der Waals surface area contributed by atoms with Crippen molar-refractivity contribution in [2.24, 2.45) is 0 Å². The van der Waals surface area contributed by atoms with Gasteiger partial charge >= 0.3 is 0 Å². The monoisotopic (exact) mass is 455 g/mol. The second kappa shape index (κ2) is 10.4. The number of benzene rings is 2. The highest BCUT2D eigenvalue weighted by Gasteiger charge is 2.23. The van der Waals surface area contributed by atoms with Crippen molar-refractivity contribution in [2.45, 2.75) is 13.0 Å². The highest BCUT2D eigenvalue weighted by atomic mass is 19.1. The number of hydrogen-bond acceptors (Lipinski definition) is 5. The molecule has 7 nitrogen and oxygen atoms in total. The van der Waals surface area contributed by atoms with Crippen LogP contribution in [0.3, 0.4) is 0 Å². The lowest BCUT2D eigenvalue weighted by atomic mass is 10.1. The summed E-state index contributed by atoms with van der Waals surface area (Å²) in [5.41, 5.74) is 3.01. The van der Waals surface area contributed by atoms with Crippen molar-refractivity contribution in [2.75, 3.05) is 13.7 Å². The maximum Gasteiger partial charge on any atom is 0.272 e. The largest absolute Gasteiger partial charge is 0.497 e. The minimum atomic E-state index is -0.385. The normalized spacial score (nSPS) is 10.5. The van der Waals surface area contributed by atoms with Crippen LogP contribution < -0.4 is 4.74 Å². The summed E-state index contributed by atoms with van der Waals surface area (Å²) < 4.78 is 20.4. The molecule has 8 heteroatoms. The van der Waals surface area contributed by atoms with Crippen LogP contribution in [0, 0.1) is 17.1 Å². The number of carbonyl (C=O) groups excluding carboxylic acids is 1. The first-order valence-corrected chi connectivity index (χ1v) is 10.6. The van der Waals surface area contributed by atoms with Crippen LogP contribution in [0.25, 0.3) is 16.9 Å². The van der Waals surface area contributed by atoms with Gasteiger partial charge in [-0.3, -0.25) is 9.78 Å². The molecule has 0 saturated heterocycles. The van der Waals surface area contributed by atoms with Gasteiger partial charge in [0.25, 0.3) is 5.91 Å². The third kappa shape index (κ3) is 5.10. The predicted octanol–water partition coefficient (Wildman–Crippen LogP) is 4.64. The quantitative estimate of drug-likeness (QED) is 0.387. The molecule has 0 aliphatic rings. The number of methoxy groups -OCH3 is 1. The Kier molecular flexibility index (Phi) is 6.94. The Morgan fingerprint density at radius 1 is 1.15 bits per heavy atom. The van der Waals surface area contributed by atoms with Gasteiger partial charge in [-0.05, 0) is 54.1 Å². The number of aromatic nitrogens is 3. The van der Waals surface area contributed by atoms with E-state index in [-0.39, 0.29) is 31.2 Å². The van der Waals surface area contributed by atoms with Crippen LogP contribution in [-0.4, -0.2) is 39.2 Å². The van der Waals surface area contributed by atoms with Crippen molar-refractivity contribution in [1.29, 1.82) is 5.26 Å². The maximum absolute atomic E-state index is 13.7. The smallest absolute Gasteiger partial charge is 0.272 e. The molecule has 0 aliphatic heterocycles. The van der Waals surface area contributed by atoms with E-state index in [1.165, 1.54) is 16.8 Å². The molecule has 4 aromatic rings. The van der Waals surface area contributed by atoms with E-state index in [1.54, 1.807) is 48.7 Å². The Bertz CT molecular complexity index is 1310. The SMILES string of the molecule is COc1cccc(-c2cc(C(=O)N(CCC#N)Cc3cccnc3)n(-c3ccc(F)cc3)n2)c1. The molecule has 0 atom stereocenters. The van der Waals surface area contributed by atoms with Crippen molar-refractivity contribution in [3.63, 3.8) is 0 Å². The number of halogens is 1. The second-order valence-electron chi connectivity index (χ2n) is 7.53. The molecule has 0 radical (unpaired) electrons. The van der Waals surface area contributed by atoms with Gasteiger partial charge < -0.3 is 9.64 Å². The van der Waals surface area contributed by atoms with Crippen molar-refractivity contribution in [3.8, 4) is 28.8 Å². The number of ether oxygens (including phenoxy) is 1. The molecule has 0 spiro atoms. The zero-order valence-electron chi connectivity index (χ0n) is 18.6. The third-order valence-corrected chi connectivity index (χ3v) is 5.24. The third-order valence-electron chi connectivity index (χ3n) is 5.24. The van der Waals surface area contributed by atoms with E-state index in [1.807, 2.05) is 30.3 Å². The molecule has 0 bridgehead atoms. The molecular weight excluding hydrogens is 433 g/mol. The molecular formula is C26H22FN5O2. The Labute approximate surface area is 196 Å². The summed E-state index contributed by atoms with van der Waals surface area (Å²) in [6, 6.07) is 20.6. The fourth-order valence-corrected chi connectivity index (χ4v) is 3.55. The van der Waals surface area contributed by atoms with Crippen LogP contribution in [0.2, 0.25) is 0 Å². The summed E-state index contributed by atoms with van der Waals surface area (Å²) in [6.07, 6.45) is 3.53. The second-order valence-corrected chi connectivity index (χ2v) is 7.53. The number of hydrogen-bond donors (Lipinski definition) is 0. The molecule has 4 rings (SSSR count). The number of nitriles is 1. The lowest BCUT2D eigenvalue weighted by molar-refractivity contribution is 0.0737. The molecule has 34 heavy (non-hydrogen) atoms. The highest BCUT2D eigenvalue weighted by Crippen LogP contribution is 2.26. The van der Waals surface area contributed by atoms with E-state index in [9.17, 15) is 9.18 Å². The number of pyridine rings is 1. The van der Waals surface area contributed by atoms with E-state index >= 15 is 0 Å². The number of carbonyl (C=O) groups is 1. The van der Waals surface area contributed by atoms with Crippen LogP contribution in [0.4, 0.5) is 4.39 Å². The average Bonchev–Trinajstić information content (AvgIpc) is 3.33. The summed E-state index contributed by atoms with van der Waals surface area (Å²) in [5, 5.41) is 13.8. The van der Waals surface area contributed by atoms with Crippen LogP contribution in [0.15, 0.2) is 79.1 Å². The fraction of sp³-hybridized carbons (Fsp3) is 0.154. The van der Waals surface area contributed by atoms with Crippen LogP contribution in [0.5, 0.6) is 5.75 Å². The summed E-state index contributed by atoms with van der Waals surface area (Å²) in [5.74, 6) is -0.0250. The van der Waals surface area contributed by atoms with Gasteiger partial charge in [0, 0.05) is 31.0 Å². The Morgan fingerprint density at radius 2 is 1.97 bits per heavy atom. The summed E-state index contributed by atoms with van der Waals surface area (Å²) >= 11 is 0. The number of nitrogens with zero attached hydrogens (tertiary/aromatic N) is 5. The fourth-order valence-electron chi connectivity index (χ4n) is 3.55. The van der Waals surface area contributed by atoms with Gasteiger partial charge in [-0.25, -0.2) is 9.07 Å². The first-order chi connectivity index (χ1) is 16.6. The molecule has 1 amide bonds. The molecule has 0 N–H and O–H groups in total. The Balaban J connectivity index is 1.78. The van der Waals surface area contributed by atoms with E-state index in [4.69, 9.17) is 10.00 Å². The minimum Gasteiger partial charge on any atom is -0.497 e. The molecule has 170 valence electrons. The van der Waals surface area contributed by atoms with Gasteiger partial charge in [-0.15, -0.1) is 0 Å². The Morgan fingerprint density at radius 3 is 2.68 bits per heavy atom. The molecule has 2 aromatic carbocycles. The lowest BCUT2D eigenvalue weighted by Gasteiger charge is -2.22. The summed E-state index contributed by atoms with van der Waals surface area (Å²) in [4.78, 5) is 19.4. The molecule has 0 saturated carbocycles. The zero-order valence-corrected chi connectivity index (χ0v) is 18.6. The molecule has 0 aliphatic carbocycles. The summed E-state index contributed by atoms with van der Waals surface area (Å²) in [6.45, 7) is 0.533. The highest BCUT2D eigenvalue weighted by molar-refractivity contribution is 5.94. The maximum atomic E-state index is 13.7. The average molecular weight is 455 g/mol. The first-order valence-electron chi connectivity index (χ1n) is 10.6. The van der Waals surface area contributed by atoms with E-state index in [0.29, 0.717) is 22.8 Å². The van der Waals surface area contributed by atoms with Crippen molar-refractivity contribution < 1.29 is 13.9 Å². The molecule has 2 heterocycles. The van der Waals surface area contributed by atoms with Crippen LogP contribution >= 0.6 is 0 Å². The standard InChI is InChI=1S/C26H22FN5O2/c1-34-23-7-2-6-20(15-23)24-16-25(32(30-24)22-10-8-21(27)9-11-22)26(33)31(14-4-12-28)18-19-5-3-13-29-17-19/h2-3,5-11,13,15-17H,4,14,18H2,1H3. The first kappa shape index (κ1) is 22.7. The zero-order chi connectivity index (χ0) is 23.9. The van der Waals surface area contributed by atoms with Crippen molar-refractivity contribution in [1.82, 2.24) is 19.7 Å². The van der Waals surface area contributed by atoms with E-state index in [0.717, 1.165) is 11.1 Å².